The Balaban J connectivity index is 1.22. The van der Waals surface area contributed by atoms with E-state index in [0.29, 0.717) is 25.7 Å². The van der Waals surface area contributed by atoms with Crippen molar-refractivity contribution in [3.05, 3.63) is 23.8 Å². The van der Waals surface area contributed by atoms with Crippen LogP contribution >= 0.6 is 0 Å². The monoisotopic (exact) mass is 812 g/mol. The predicted octanol–water partition coefficient (Wildman–Crippen LogP) is 2.00. The topological polar surface area (TPSA) is 229 Å². The Morgan fingerprint density at radius 2 is 1.71 bits per heavy atom. The number of Topliss-reactive ketones (excluding diaryl/α,β-unsaturated/α-hetero) is 1. The molecule has 5 aliphatic rings. The molecule has 3 saturated carbocycles. The van der Waals surface area contributed by atoms with Gasteiger partial charge >= 0.3 is 5.97 Å². The number of hydrogen-bond donors (Lipinski definition) is 6. The second kappa shape index (κ2) is 17.3. The number of carbonyl (C=O) groups excluding carboxylic acids is 7. The van der Waals surface area contributed by atoms with Crippen LogP contribution in [0.15, 0.2) is 23.8 Å². The van der Waals surface area contributed by atoms with Gasteiger partial charge in [-0.25, -0.2) is 4.79 Å². The Kier molecular flexibility index (Phi) is 13.5. The standard InChI is InChI=1S/C43H64N4O11/c1-9-10-13-32(50)44-24(5)36(52)45-25(6)38(54)47-18-11-12-30(47)37(53)46-34(22(2)3)39(55)58-40(56)35(51)43(57)17-15-28-27-19-23(4)29-20-26(48)14-16-41(29,7)33(27)31(49)21-42(28,43)8/h14,16,20,22-25,27-28,30-31,33-34,40,49,56-57H,9-13,15,17-19,21H2,1-8H3,(H,44,50)(H,45,52)(H,46,53)/t23-,24-,25-,27-,28-,30-,31-,33+,34-,40?,41-,42-,43-/m0/s1. The number of carbonyl (C=O) groups is 7. The zero-order valence-electron chi connectivity index (χ0n) is 35.2. The van der Waals surface area contributed by atoms with E-state index in [1.807, 2.05) is 26.8 Å². The molecule has 0 bridgehead atoms. The summed E-state index contributed by atoms with van der Waals surface area (Å²) >= 11 is 0. The van der Waals surface area contributed by atoms with Crippen molar-refractivity contribution in [1.82, 2.24) is 20.9 Å². The van der Waals surface area contributed by atoms with E-state index in [1.54, 1.807) is 32.9 Å². The molecule has 5 rings (SSSR count). The first-order chi connectivity index (χ1) is 27.1. The van der Waals surface area contributed by atoms with Gasteiger partial charge in [0.25, 0.3) is 6.29 Å². The molecule has 1 heterocycles. The lowest BCUT2D eigenvalue weighted by Gasteiger charge is -2.60. The van der Waals surface area contributed by atoms with Crippen LogP contribution in [0.3, 0.4) is 0 Å². The summed E-state index contributed by atoms with van der Waals surface area (Å²) in [6.07, 6.45) is 5.48. The molecule has 0 radical (unpaired) electrons. The SMILES string of the molecule is CCCCC(=O)N[C@@H](C)C(=O)N[C@@H](C)C(=O)N1CCC[C@H]1C(=O)N[C@H](C(=O)OC(O)C(=O)[C@@]1(O)CC[C@H]2[C@@H]3C[C@H](C)C4=CC(=O)C=C[C@]4(C)[C@H]3[C@@H](O)C[C@@]21C)C(C)C. The van der Waals surface area contributed by atoms with Crippen LogP contribution < -0.4 is 16.0 Å². The molecule has 13 atom stereocenters. The van der Waals surface area contributed by atoms with Gasteiger partial charge in [0.1, 0.15) is 29.8 Å². The summed E-state index contributed by atoms with van der Waals surface area (Å²) in [5, 5.41) is 42.9. The molecule has 0 aromatic carbocycles. The minimum Gasteiger partial charge on any atom is -0.427 e. The normalized spacial score (nSPS) is 34.7. The number of unbranched alkanes of at least 4 members (excludes halogenated alkanes) is 1. The zero-order chi connectivity index (χ0) is 43.1. The van der Waals surface area contributed by atoms with Gasteiger partial charge in [-0.1, -0.05) is 59.6 Å². The summed E-state index contributed by atoms with van der Waals surface area (Å²) in [5.74, 6) is -5.39. The lowest BCUT2D eigenvalue weighted by atomic mass is 9.44. The quantitative estimate of drug-likeness (QED) is 0.110. The molecule has 322 valence electrons. The van der Waals surface area contributed by atoms with E-state index < -0.39 is 88.4 Å². The van der Waals surface area contributed by atoms with Crippen LogP contribution in [0.1, 0.15) is 113 Å². The van der Waals surface area contributed by atoms with Gasteiger partial charge in [-0.2, -0.15) is 0 Å². The molecule has 15 nitrogen and oxygen atoms in total. The van der Waals surface area contributed by atoms with Crippen molar-refractivity contribution in [2.24, 2.45) is 40.4 Å². The predicted molar refractivity (Wildman–Crippen MR) is 211 cm³/mol. The zero-order valence-corrected chi connectivity index (χ0v) is 35.2. The highest BCUT2D eigenvalue weighted by Gasteiger charge is 2.69. The van der Waals surface area contributed by atoms with Crippen LogP contribution in [0, 0.1) is 40.4 Å². The maximum absolute atomic E-state index is 14.0. The molecule has 0 spiro atoms. The first-order valence-corrected chi connectivity index (χ1v) is 21.1. The average molecular weight is 813 g/mol. The highest BCUT2D eigenvalue weighted by atomic mass is 16.6. The van der Waals surface area contributed by atoms with Gasteiger partial charge in [0.2, 0.25) is 29.4 Å². The number of amides is 4. The molecule has 6 N–H and O–H groups in total. The van der Waals surface area contributed by atoms with Crippen molar-refractivity contribution >= 4 is 41.2 Å². The summed E-state index contributed by atoms with van der Waals surface area (Å²) < 4.78 is 5.30. The Morgan fingerprint density at radius 3 is 2.36 bits per heavy atom. The Bertz CT molecular complexity index is 1730. The number of esters is 1. The van der Waals surface area contributed by atoms with E-state index in [4.69, 9.17) is 4.74 Å². The average Bonchev–Trinajstić information content (AvgIpc) is 3.75. The minimum atomic E-state index is -2.36. The van der Waals surface area contributed by atoms with Gasteiger partial charge in [0.15, 0.2) is 5.78 Å². The van der Waals surface area contributed by atoms with Crippen molar-refractivity contribution < 1.29 is 53.6 Å². The summed E-state index contributed by atoms with van der Waals surface area (Å²) in [6.45, 7) is 14.3. The van der Waals surface area contributed by atoms with Crippen molar-refractivity contribution in [1.29, 1.82) is 0 Å². The molecule has 4 fully saturated rings. The van der Waals surface area contributed by atoms with Crippen LogP contribution in [0.25, 0.3) is 0 Å². The lowest BCUT2D eigenvalue weighted by molar-refractivity contribution is -0.204. The number of nitrogens with zero attached hydrogens (tertiary/aromatic N) is 1. The largest absolute Gasteiger partial charge is 0.427 e. The lowest BCUT2D eigenvalue weighted by Crippen LogP contribution is -2.63. The number of ether oxygens (including phenoxy) is 1. The van der Waals surface area contributed by atoms with Gasteiger partial charge in [0.05, 0.1) is 6.10 Å². The first-order valence-electron chi connectivity index (χ1n) is 21.1. The number of rotatable bonds is 14. The van der Waals surface area contributed by atoms with Crippen molar-refractivity contribution in [3.8, 4) is 0 Å². The van der Waals surface area contributed by atoms with Gasteiger partial charge < -0.3 is 40.9 Å². The molecule has 1 saturated heterocycles. The van der Waals surface area contributed by atoms with Gasteiger partial charge in [-0.15, -0.1) is 0 Å². The highest BCUT2D eigenvalue weighted by molar-refractivity contribution is 6.01. The molecule has 15 heteroatoms. The molecular formula is C43H64N4O11. The van der Waals surface area contributed by atoms with Crippen molar-refractivity contribution in [2.45, 2.75) is 155 Å². The number of ketones is 2. The fraction of sp³-hybridized carbons (Fsp3) is 0.744. The second-order valence-corrected chi connectivity index (χ2v) is 18.3. The molecule has 58 heavy (non-hydrogen) atoms. The van der Waals surface area contributed by atoms with E-state index in [0.717, 1.165) is 12.0 Å². The van der Waals surface area contributed by atoms with E-state index in [-0.39, 0.29) is 67.6 Å². The van der Waals surface area contributed by atoms with Gasteiger partial charge in [-0.05, 0) is 94.6 Å². The van der Waals surface area contributed by atoms with Crippen molar-refractivity contribution in [3.63, 3.8) is 0 Å². The third kappa shape index (κ3) is 8.27. The molecular weight excluding hydrogens is 748 g/mol. The second-order valence-electron chi connectivity index (χ2n) is 18.3. The Hall–Kier alpha value is -3.95. The van der Waals surface area contributed by atoms with Crippen LogP contribution in [0.4, 0.5) is 0 Å². The number of allylic oxidation sites excluding steroid dienone is 4. The number of aliphatic hydroxyl groups excluding tert-OH is 2. The maximum atomic E-state index is 14.0. The van der Waals surface area contributed by atoms with Crippen LogP contribution in [0.5, 0.6) is 0 Å². The van der Waals surface area contributed by atoms with E-state index in [2.05, 4.69) is 16.0 Å². The molecule has 1 aliphatic heterocycles. The third-order valence-electron chi connectivity index (χ3n) is 14.1. The number of aliphatic hydroxyl groups is 3. The number of likely N-dealkylation sites (tertiary alicyclic amines) is 1. The summed E-state index contributed by atoms with van der Waals surface area (Å²) in [5.41, 5.74) is -2.89. The Labute approximate surface area is 341 Å². The third-order valence-corrected chi connectivity index (χ3v) is 14.1. The van der Waals surface area contributed by atoms with Crippen LogP contribution in [-0.2, 0) is 38.3 Å². The summed E-state index contributed by atoms with van der Waals surface area (Å²) in [4.78, 5) is 93.2. The number of fused-ring (bicyclic) bond motifs is 5. The fourth-order valence-electron chi connectivity index (χ4n) is 11.0. The minimum absolute atomic E-state index is 0.0130. The summed E-state index contributed by atoms with van der Waals surface area (Å²) in [6, 6.07) is -4.20. The van der Waals surface area contributed by atoms with Gasteiger partial charge in [0, 0.05) is 29.7 Å². The van der Waals surface area contributed by atoms with E-state index >= 15 is 0 Å². The van der Waals surface area contributed by atoms with E-state index in [1.165, 1.54) is 18.7 Å². The van der Waals surface area contributed by atoms with Crippen LogP contribution in [-0.4, -0.2) is 110 Å². The molecule has 4 aliphatic carbocycles. The smallest absolute Gasteiger partial charge is 0.331 e. The fourth-order valence-corrected chi connectivity index (χ4v) is 11.0. The van der Waals surface area contributed by atoms with Gasteiger partial charge in [-0.3, -0.25) is 28.8 Å². The highest BCUT2D eigenvalue weighted by Crippen LogP contribution is 2.68. The summed E-state index contributed by atoms with van der Waals surface area (Å²) in [7, 11) is 0. The number of hydrogen-bond acceptors (Lipinski definition) is 11. The Morgan fingerprint density at radius 1 is 1.02 bits per heavy atom. The first kappa shape index (κ1) is 45.1. The molecule has 0 aromatic heterocycles. The number of nitrogens with one attached hydrogen (secondary N) is 3. The van der Waals surface area contributed by atoms with Crippen LogP contribution in [0.2, 0.25) is 0 Å². The molecule has 1 unspecified atom stereocenters. The molecule has 0 aromatic rings. The van der Waals surface area contributed by atoms with Crippen molar-refractivity contribution in [2.75, 3.05) is 6.54 Å². The van der Waals surface area contributed by atoms with E-state index in [9.17, 15) is 48.9 Å². The maximum Gasteiger partial charge on any atom is 0.331 e. The molecule has 4 amide bonds.